The summed E-state index contributed by atoms with van der Waals surface area (Å²) >= 11 is 12.7. The van der Waals surface area contributed by atoms with Gasteiger partial charge in [-0.3, -0.25) is 4.40 Å². The second-order valence-electron chi connectivity index (χ2n) is 7.23. The Labute approximate surface area is 177 Å². The van der Waals surface area contributed by atoms with Crippen LogP contribution in [0.3, 0.4) is 0 Å². The average Bonchev–Trinajstić information content (AvgIpc) is 3.10. The molecule has 5 rings (SSSR count). The first-order chi connectivity index (χ1) is 14.0. The first kappa shape index (κ1) is 18.0. The van der Waals surface area contributed by atoms with E-state index < -0.39 is 0 Å². The zero-order valence-electron chi connectivity index (χ0n) is 15.8. The molecule has 2 heterocycles. The Kier molecular flexibility index (Phi) is 4.03. The van der Waals surface area contributed by atoms with Gasteiger partial charge in [-0.25, -0.2) is 4.98 Å². The number of imidazole rings is 1. The van der Waals surface area contributed by atoms with Crippen molar-refractivity contribution in [3.63, 3.8) is 0 Å². The van der Waals surface area contributed by atoms with Gasteiger partial charge in [0.25, 0.3) is 0 Å². The van der Waals surface area contributed by atoms with Gasteiger partial charge < -0.3 is 0 Å². The molecule has 0 fully saturated rings. The molecule has 2 aromatic heterocycles. The Bertz CT molecular complexity index is 1510. The molecule has 0 unspecified atom stereocenters. The molecule has 0 bridgehead atoms. The van der Waals surface area contributed by atoms with Gasteiger partial charge in [0.2, 0.25) is 0 Å². The van der Waals surface area contributed by atoms with E-state index in [4.69, 9.17) is 28.2 Å². The van der Waals surface area contributed by atoms with Crippen LogP contribution in [-0.2, 0) is 0 Å². The minimum absolute atomic E-state index is 0.368. The van der Waals surface area contributed by atoms with Crippen LogP contribution in [0.25, 0.3) is 38.6 Å². The van der Waals surface area contributed by atoms with Gasteiger partial charge in [0.1, 0.15) is 11.9 Å². The number of nitrogens with zero attached hydrogens (tertiary/aromatic N) is 3. The molecular formula is C24H15Cl2N3. The normalized spacial score (nSPS) is 11.4. The predicted octanol–water partition coefficient (Wildman–Crippen LogP) is 7.10. The van der Waals surface area contributed by atoms with E-state index >= 15 is 0 Å². The molecule has 3 aromatic carbocycles. The van der Waals surface area contributed by atoms with Gasteiger partial charge in [-0.15, -0.1) is 0 Å². The molecule has 0 N–H and O–H groups in total. The van der Waals surface area contributed by atoms with Crippen molar-refractivity contribution in [1.82, 2.24) is 9.38 Å². The molecule has 5 aromatic rings. The van der Waals surface area contributed by atoms with E-state index in [1.54, 1.807) is 0 Å². The molecule has 0 amide bonds. The number of fused-ring (bicyclic) bond motifs is 6. The van der Waals surface area contributed by atoms with E-state index in [0.717, 1.165) is 32.8 Å². The lowest BCUT2D eigenvalue weighted by Gasteiger charge is -2.12. The highest BCUT2D eigenvalue weighted by Crippen LogP contribution is 2.37. The quantitative estimate of drug-likeness (QED) is 0.274. The Morgan fingerprint density at radius 2 is 1.55 bits per heavy atom. The van der Waals surface area contributed by atoms with Crippen molar-refractivity contribution in [2.24, 2.45) is 0 Å². The maximum absolute atomic E-state index is 9.87. The van der Waals surface area contributed by atoms with E-state index in [0.29, 0.717) is 21.6 Å². The Morgan fingerprint density at radius 1 is 0.828 bits per heavy atom. The zero-order valence-corrected chi connectivity index (χ0v) is 17.3. The molecule has 0 spiro atoms. The van der Waals surface area contributed by atoms with Crippen molar-refractivity contribution < 1.29 is 0 Å². The van der Waals surface area contributed by atoms with Crippen LogP contribution in [0.1, 0.15) is 16.8 Å². The second kappa shape index (κ2) is 6.49. The molecule has 0 atom stereocenters. The van der Waals surface area contributed by atoms with Crippen molar-refractivity contribution in [1.29, 1.82) is 5.26 Å². The molecule has 0 aliphatic rings. The largest absolute Gasteiger partial charge is 0.290 e. The van der Waals surface area contributed by atoms with Gasteiger partial charge >= 0.3 is 0 Å². The van der Waals surface area contributed by atoms with E-state index in [1.807, 2.05) is 46.9 Å². The van der Waals surface area contributed by atoms with Crippen LogP contribution in [-0.4, -0.2) is 9.38 Å². The fourth-order valence-corrected chi connectivity index (χ4v) is 4.26. The molecule has 29 heavy (non-hydrogen) atoms. The molecule has 5 heteroatoms. The van der Waals surface area contributed by atoms with Gasteiger partial charge in [-0.1, -0.05) is 47.5 Å². The molecular weight excluding hydrogens is 401 g/mol. The Balaban J connectivity index is 2.07. The second-order valence-corrected chi connectivity index (χ2v) is 8.10. The van der Waals surface area contributed by atoms with Crippen molar-refractivity contribution in [2.45, 2.75) is 13.8 Å². The van der Waals surface area contributed by atoms with E-state index in [1.165, 1.54) is 11.1 Å². The lowest BCUT2D eigenvalue weighted by atomic mass is 10.0. The van der Waals surface area contributed by atoms with Crippen molar-refractivity contribution in [2.75, 3.05) is 0 Å². The number of hydrogen-bond acceptors (Lipinski definition) is 2. The minimum atomic E-state index is 0.368. The van der Waals surface area contributed by atoms with Crippen LogP contribution in [0.2, 0.25) is 10.0 Å². The fourth-order valence-electron chi connectivity index (χ4n) is 3.92. The monoisotopic (exact) mass is 415 g/mol. The Morgan fingerprint density at radius 3 is 2.28 bits per heavy atom. The first-order valence-corrected chi connectivity index (χ1v) is 9.94. The lowest BCUT2D eigenvalue weighted by molar-refractivity contribution is 1.21. The summed E-state index contributed by atoms with van der Waals surface area (Å²) in [6, 6.07) is 20.0. The molecule has 0 aliphatic carbocycles. The number of pyridine rings is 1. The number of aryl methyl sites for hydroxylation is 2. The number of halogens is 2. The minimum Gasteiger partial charge on any atom is -0.290 e. The Hall–Kier alpha value is -3.06. The first-order valence-electron chi connectivity index (χ1n) is 9.18. The standard InChI is InChI=1S/C24H15Cl2N3/c1-13-3-4-15(9-14(13)2)24-28-21(12-27)23-20-10-16(25)5-7-18(20)19-8-6-17(26)11-22(19)29(23)24/h3-11H,1-2H3. The van der Waals surface area contributed by atoms with Gasteiger partial charge in [0, 0.05) is 26.4 Å². The number of benzene rings is 3. The van der Waals surface area contributed by atoms with Crippen molar-refractivity contribution in [3.8, 4) is 17.5 Å². The third-order valence-electron chi connectivity index (χ3n) is 5.48. The van der Waals surface area contributed by atoms with Crippen LogP contribution < -0.4 is 0 Å². The van der Waals surface area contributed by atoms with Crippen LogP contribution in [0.5, 0.6) is 0 Å². The number of rotatable bonds is 1. The van der Waals surface area contributed by atoms with Gasteiger partial charge in [0.05, 0.1) is 11.0 Å². The highest BCUT2D eigenvalue weighted by Gasteiger charge is 2.20. The maximum atomic E-state index is 9.87. The molecule has 0 radical (unpaired) electrons. The summed E-state index contributed by atoms with van der Waals surface area (Å²) in [4.78, 5) is 4.72. The molecule has 0 saturated heterocycles. The number of aromatic nitrogens is 2. The van der Waals surface area contributed by atoms with Gasteiger partial charge in [-0.05, 0) is 60.7 Å². The lowest BCUT2D eigenvalue weighted by Crippen LogP contribution is -1.95. The summed E-state index contributed by atoms with van der Waals surface area (Å²) in [6.45, 7) is 4.15. The molecule has 0 saturated carbocycles. The SMILES string of the molecule is Cc1ccc(-c2nc(C#N)c3c4cc(Cl)ccc4c4ccc(Cl)cc4n23)cc1C. The smallest absolute Gasteiger partial charge is 0.167 e. The summed E-state index contributed by atoms with van der Waals surface area (Å²) in [5, 5.41) is 14.0. The highest BCUT2D eigenvalue weighted by atomic mass is 35.5. The molecule has 0 aliphatic heterocycles. The third kappa shape index (κ3) is 2.68. The summed E-state index contributed by atoms with van der Waals surface area (Å²) in [5.41, 5.74) is 5.35. The van der Waals surface area contributed by atoms with Crippen LogP contribution >= 0.6 is 23.2 Å². The van der Waals surface area contributed by atoms with Gasteiger partial charge in [-0.2, -0.15) is 5.26 Å². The zero-order chi connectivity index (χ0) is 20.3. The highest BCUT2D eigenvalue weighted by molar-refractivity contribution is 6.33. The van der Waals surface area contributed by atoms with E-state index in [2.05, 4.69) is 32.0 Å². The molecule has 140 valence electrons. The van der Waals surface area contributed by atoms with Crippen LogP contribution in [0.4, 0.5) is 0 Å². The maximum Gasteiger partial charge on any atom is 0.167 e. The van der Waals surface area contributed by atoms with Crippen molar-refractivity contribution >= 4 is 50.4 Å². The average molecular weight is 416 g/mol. The van der Waals surface area contributed by atoms with Crippen molar-refractivity contribution in [3.05, 3.63) is 81.5 Å². The predicted molar refractivity (Wildman–Crippen MR) is 120 cm³/mol. The molecule has 3 nitrogen and oxygen atoms in total. The fraction of sp³-hybridized carbons (Fsp3) is 0.0833. The topological polar surface area (TPSA) is 41.1 Å². The van der Waals surface area contributed by atoms with Crippen LogP contribution in [0.15, 0.2) is 54.6 Å². The number of nitriles is 1. The van der Waals surface area contributed by atoms with E-state index in [9.17, 15) is 5.26 Å². The number of hydrogen-bond donors (Lipinski definition) is 0. The van der Waals surface area contributed by atoms with Crippen LogP contribution in [0, 0.1) is 25.2 Å². The summed E-state index contributed by atoms with van der Waals surface area (Å²) in [5.74, 6) is 0.716. The summed E-state index contributed by atoms with van der Waals surface area (Å²) in [7, 11) is 0. The van der Waals surface area contributed by atoms with Gasteiger partial charge in [0.15, 0.2) is 5.69 Å². The summed E-state index contributed by atoms with van der Waals surface area (Å²) < 4.78 is 2.03. The third-order valence-corrected chi connectivity index (χ3v) is 5.95. The van der Waals surface area contributed by atoms with E-state index in [-0.39, 0.29) is 0 Å². The summed E-state index contributed by atoms with van der Waals surface area (Å²) in [6.07, 6.45) is 0.